The molecule has 0 aliphatic heterocycles. The fourth-order valence-corrected chi connectivity index (χ4v) is 3.63. The minimum atomic E-state index is 0.392. The Bertz CT molecular complexity index is 652. The molecule has 0 atom stereocenters. The van der Waals surface area contributed by atoms with E-state index >= 15 is 0 Å². The monoisotopic (exact) mass is 369 g/mol. The quantitative estimate of drug-likeness (QED) is 0.832. The molecule has 2 heterocycles. The lowest BCUT2D eigenvalue weighted by Crippen LogP contribution is -2.24. The third-order valence-corrected chi connectivity index (χ3v) is 4.73. The molecular weight excluding hydrogens is 354 g/mol. The van der Waals surface area contributed by atoms with E-state index in [4.69, 9.17) is 18.0 Å². The Balaban J connectivity index is 2.38. The number of nitrogens with zero attached hydrogens (tertiary/aromatic N) is 2. The summed E-state index contributed by atoms with van der Waals surface area (Å²) in [4.78, 5) is 7.09. The van der Waals surface area contributed by atoms with Gasteiger partial charge in [-0.3, -0.25) is 0 Å². The van der Waals surface area contributed by atoms with Crippen molar-refractivity contribution >= 4 is 50.3 Å². The lowest BCUT2D eigenvalue weighted by atomic mass is 10.1. The van der Waals surface area contributed by atoms with Gasteiger partial charge in [0.05, 0.1) is 9.35 Å². The van der Waals surface area contributed by atoms with Gasteiger partial charge in [-0.1, -0.05) is 12.2 Å². The van der Waals surface area contributed by atoms with Crippen molar-refractivity contribution < 1.29 is 0 Å². The van der Waals surface area contributed by atoms with E-state index in [-0.39, 0.29) is 0 Å². The third kappa shape index (κ3) is 3.37. The van der Waals surface area contributed by atoms with Crippen molar-refractivity contribution in [1.82, 2.24) is 4.98 Å². The van der Waals surface area contributed by atoms with Crippen LogP contribution in [-0.2, 0) is 6.54 Å². The normalized spacial score (nSPS) is 10.6. The first-order valence-electron chi connectivity index (χ1n) is 6.10. The fraction of sp³-hybridized carbons (Fsp3) is 0.286. The second kappa shape index (κ2) is 6.20. The van der Waals surface area contributed by atoms with E-state index in [2.05, 4.69) is 37.3 Å². The lowest BCUT2D eigenvalue weighted by Gasteiger charge is -2.22. The van der Waals surface area contributed by atoms with Crippen LogP contribution in [0.3, 0.4) is 0 Å². The van der Waals surface area contributed by atoms with Crippen LogP contribution in [0.25, 0.3) is 0 Å². The molecule has 20 heavy (non-hydrogen) atoms. The van der Waals surface area contributed by atoms with Gasteiger partial charge in [-0.15, -0.1) is 11.3 Å². The van der Waals surface area contributed by atoms with Gasteiger partial charge in [0.2, 0.25) is 0 Å². The molecule has 3 nitrogen and oxygen atoms in total. The highest BCUT2D eigenvalue weighted by atomic mass is 79.9. The summed E-state index contributed by atoms with van der Waals surface area (Å²) in [6.07, 6.45) is 0. The Morgan fingerprint density at radius 3 is 2.70 bits per heavy atom. The van der Waals surface area contributed by atoms with Crippen molar-refractivity contribution in [3.05, 3.63) is 43.7 Å². The number of rotatable bonds is 4. The summed E-state index contributed by atoms with van der Waals surface area (Å²) in [5.74, 6) is 0.845. The van der Waals surface area contributed by atoms with Crippen LogP contribution in [0.15, 0.2) is 21.3 Å². The van der Waals surface area contributed by atoms with Crippen LogP contribution >= 0.6 is 39.5 Å². The van der Waals surface area contributed by atoms with Gasteiger partial charge in [-0.25, -0.2) is 4.98 Å². The van der Waals surface area contributed by atoms with Gasteiger partial charge in [-0.05, 0) is 58.4 Å². The number of aromatic nitrogens is 1. The second-order valence-corrected chi connectivity index (χ2v) is 7.49. The van der Waals surface area contributed by atoms with E-state index in [9.17, 15) is 0 Å². The maximum Gasteiger partial charge on any atom is 0.139 e. The molecule has 0 saturated heterocycles. The number of hydrogen-bond acceptors (Lipinski definition) is 4. The molecule has 0 spiro atoms. The van der Waals surface area contributed by atoms with E-state index in [0.717, 1.165) is 33.0 Å². The van der Waals surface area contributed by atoms with E-state index in [0.29, 0.717) is 4.99 Å². The van der Waals surface area contributed by atoms with Crippen molar-refractivity contribution in [3.63, 3.8) is 0 Å². The molecule has 6 heteroatoms. The largest absolute Gasteiger partial charge is 0.389 e. The topological polar surface area (TPSA) is 42.1 Å². The van der Waals surface area contributed by atoms with Crippen molar-refractivity contribution in [3.8, 4) is 0 Å². The summed E-state index contributed by atoms with van der Waals surface area (Å²) in [7, 11) is 2.01. The molecule has 106 valence electrons. The summed E-state index contributed by atoms with van der Waals surface area (Å²) in [5.41, 5.74) is 10.00. The third-order valence-electron chi connectivity index (χ3n) is 2.98. The minimum Gasteiger partial charge on any atom is -0.389 e. The number of anilines is 1. The lowest BCUT2D eigenvalue weighted by molar-refractivity contribution is 0.891. The van der Waals surface area contributed by atoms with Crippen molar-refractivity contribution in [2.75, 3.05) is 11.9 Å². The molecule has 0 aliphatic rings. The number of thiophene rings is 1. The van der Waals surface area contributed by atoms with E-state index in [1.165, 1.54) is 5.56 Å². The zero-order valence-electron chi connectivity index (χ0n) is 11.6. The molecule has 2 rings (SSSR count). The van der Waals surface area contributed by atoms with Crippen molar-refractivity contribution in [1.29, 1.82) is 0 Å². The number of hydrogen-bond donors (Lipinski definition) is 1. The summed E-state index contributed by atoms with van der Waals surface area (Å²) in [6.45, 7) is 4.77. The molecule has 0 bridgehead atoms. The summed E-state index contributed by atoms with van der Waals surface area (Å²) in [5, 5.41) is 2.13. The maximum absolute atomic E-state index is 5.86. The zero-order chi connectivity index (χ0) is 14.9. The van der Waals surface area contributed by atoms with Gasteiger partial charge >= 0.3 is 0 Å². The van der Waals surface area contributed by atoms with Gasteiger partial charge in [-0.2, -0.15) is 0 Å². The molecule has 0 radical (unpaired) electrons. The number of pyridine rings is 1. The number of aryl methyl sites for hydroxylation is 2. The van der Waals surface area contributed by atoms with Gasteiger partial charge in [0.15, 0.2) is 0 Å². The summed E-state index contributed by atoms with van der Waals surface area (Å²) < 4.78 is 1.13. The number of nitrogens with two attached hydrogens (primary N) is 1. The van der Waals surface area contributed by atoms with Gasteiger partial charge < -0.3 is 10.6 Å². The smallest absolute Gasteiger partial charge is 0.139 e. The highest BCUT2D eigenvalue weighted by molar-refractivity contribution is 9.11. The van der Waals surface area contributed by atoms with Crippen LogP contribution in [0, 0.1) is 13.8 Å². The second-order valence-electron chi connectivity index (χ2n) is 4.76. The highest BCUT2D eigenvalue weighted by Crippen LogP contribution is 2.26. The van der Waals surface area contributed by atoms with Gasteiger partial charge in [0.1, 0.15) is 10.8 Å². The number of thiocarbonyl (C=S) groups is 1. The zero-order valence-corrected chi connectivity index (χ0v) is 14.8. The fourth-order valence-electron chi connectivity index (χ4n) is 2.18. The maximum atomic E-state index is 5.86. The molecule has 0 saturated carbocycles. The first-order chi connectivity index (χ1) is 9.38. The SMILES string of the molecule is Cc1cc(C)c(C(N)=S)c(N(C)Cc2csc(Br)c2)n1. The van der Waals surface area contributed by atoms with Crippen LogP contribution in [0.4, 0.5) is 5.82 Å². The molecule has 0 unspecified atom stereocenters. The Morgan fingerprint density at radius 2 is 2.15 bits per heavy atom. The van der Waals surface area contributed by atoms with Crippen LogP contribution in [-0.4, -0.2) is 17.0 Å². The van der Waals surface area contributed by atoms with Crippen LogP contribution in [0.2, 0.25) is 0 Å². The Morgan fingerprint density at radius 1 is 1.45 bits per heavy atom. The molecule has 0 fully saturated rings. The van der Waals surface area contributed by atoms with Gasteiger partial charge in [0.25, 0.3) is 0 Å². The van der Waals surface area contributed by atoms with Crippen molar-refractivity contribution in [2.45, 2.75) is 20.4 Å². The molecule has 2 N–H and O–H groups in total. The summed E-state index contributed by atoms with van der Waals surface area (Å²) >= 11 is 10.3. The average molecular weight is 370 g/mol. The van der Waals surface area contributed by atoms with Crippen LogP contribution in [0.1, 0.15) is 22.4 Å². The summed E-state index contributed by atoms with van der Waals surface area (Å²) in [6, 6.07) is 4.12. The molecule has 2 aromatic rings. The van der Waals surface area contributed by atoms with E-state index < -0.39 is 0 Å². The van der Waals surface area contributed by atoms with Gasteiger partial charge in [0, 0.05) is 19.3 Å². The van der Waals surface area contributed by atoms with Crippen LogP contribution < -0.4 is 10.6 Å². The van der Waals surface area contributed by atoms with E-state index in [1.807, 2.05) is 27.0 Å². The first-order valence-corrected chi connectivity index (χ1v) is 8.18. The van der Waals surface area contributed by atoms with Crippen molar-refractivity contribution in [2.24, 2.45) is 5.73 Å². The average Bonchev–Trinajstić information content (AvgIpc) is 2.72. The molecular formula is C14H16BrN3S2. The first kappa shape index (κ1) is 15.4. The molecule has 2 aromatic heterocycles. The minimum absolute atomic E-state index is 0.392. The molecule has 0 amide bonds. The Hall–Kier alpha value is -0.980. The molecule has 0 aliphatic carbocycles. The Kier molecular flexibility index (Phi) is 4.78. The highest BCUT2D eigenvalue weighted by Gasteiger charge is 2.15. The number of halogens is 1. The molecule has 0 aromatic carbocycles. The Labute approximate surface area is 136 Å². The van der Waals surface area contributed by atoms with E-state index in [1.54, 1.807) is 11.3 Å². The standard InChI is InChI=1S/C14H16BrN3S2/c1-8-4-9(2)17-14(12(8)13(16)19)18(3)6-10-5-11(15)20-7-10/h4-5,7H,6H2,1-3H3,(H2,16,19). The predicted molar refractivity (Wildman–Crippen MR) is 93.7 cm³/mol. The predicted octanol–water partition coefficient (Wildman–Crippen LogP) is 3.79. The van der Waals surface area contributed by atoms with Crippen LogP contribution in [0.5, 0.6) is 0 Å².